The van der Waals surface area contributed by atoms with Gasteiger partial charge in [0.1, 0.15) is 0 Å². The minimum atomic E-state index is -2.61. The molecule has 22 aromatic rings. The molecule has 1 N–H and O–H groups in total. The lowest BCUT2D eigenvalue weighted by Gasteiger charge is -2.34. The maximum absolute atomic E-state index is 3.76. The third-order valence-electron chi connectivity index (χ3n) is 24.2. The van der Waals surface area contributed by atoms with Gasteiger partial charge in [-0.25, -0.2) is 0 Å². The second-order valence-corrected chi connectivity index (χ2v) is 39.7. The average Bonchev–Trinajstić information content (AvgIpc) is 0.810. The minimum absolute atomic E-state index is 0. The van der Waals surface area contributed by atoms with Crippen LogP contribution in [0, 0.1) is 0 Å². The minimum Gasteiger partial charge on any atom is -0.355 e. The number of hydrogen-bond donors (Lipinski definition) is 1. The highest BCUT2D eigenvalue weighted by atomic mass is 127. The van der Waals surface area contributed by atoms with E-state index in [4.69, 9.17) is 0 Å². The molecule has 0 saturated carbocycles. The number of nitrogens with one attached hydrogen (secondary N) is 1. The lowest BCUT2D eigenvalue weighted by molar-refractivity contribution is 1.18. The van der Waals surface area contributed by atoms with E-state index in [9.17, 15) is 0 Å². The number of halogens is 2. The van der Waals surface area contributed by atoms with E-state index in [1.165, 1.54) is 129 Å². The molecule has 606 valence electrons. The first-order chi connectivity index (χ1) is 61.9. The first-order valence-corrected chi connectivity index (χ1v) is 49.4. The predicted molar refractivity (Wildman–Crippen MR) is 560 cm³/mol. The number of anilines is 5. The first kappa shape index (κ1) is 82.7. The Morgan fingerprint density at radius 3 is 0.968 bits per heavy atom. The highest BCUT2D eigenvalue weighted by Gasteiger charge is 2.43. The van der Waals surface area contributed by atoms with Crippen LogP contribution < -0.4 is 51.7 Å². The van der Waals surface area contributed by atoms with Crippen molar-refractivity contribution in [2.45, 2.75) is 7.43 Å². The Morgan fingerprint density at radius 2 is 0.548 bits per heavy atom. The van der Waals surface area contributed by atoms with Crippen molar-refractivity contribution in [1.82, 2.24) is 9.13 Å². The number of hydrogen-bond acceptors (Lipinski definition) is 2. The van der Waals surface area contributed by atoms with Crippen molar-refractivity contribution in [2.75, 3.05) is 15.1 Å². The lowest BCUT2D eigenvalue weighted by Crippen LogP contribution is -2.74. The summed E-state index contributed by atoms with van der Waals surface area (Å²) in [6.07, 6.45) is 0. The van der Waals surface area contributed by atoms with Crippen molar-refractivity contribution in [3.8, 4) is 33.6 Å². The topological polar surface area (TPSA) is 25.1 Å². The predicted octanol–water partition coefficient (Wildman–Crippen LogP) is 27.3. The van der Waals surface area contributed by atoms with E-state index in [1.807, 2.05) is 4.93 Å². The Morgan fingerprint density at radius 1 is 0.246 bits per heavy atom. The van der Waals surface area contributed by atoms with Gasteiger partial charge in [-0.05, 0) is 199 Å². The zero-order valence-corrected chi connectivity index (χ0v) is 74.8. The van der Waals surface area contributed by atoms with Gasteiger partial charge in [-0.2, -0.15) is 0 Å². The van der Waals surface area contributed by atoms with Crippen molar-refractivity contribution in [3.63, 3.8) is 0 Å². The number of rotatable bonds is 17. The summed E-state index contributed by atoms with van der Waals surface area (Å²) in [5.74, 6) is 0. The molecule has 0 unspecified atom stereocenters. The summed E-state index contributed by atoms with van der Waals surface area (Å²) in [6, 6.07) is 185. The van der Waals surface area contributed by atoms with Crippen LogP contribution >= 0.6 is 38.5 Å². The Balaban J connectivity index is 0.000000150. The van der Waals surface area contributed by atoms with Gasteiger partial charge in [0.15, 0.2) is 16.1 Å². The molecule has 0 aliphatic carbocycles. The van der Waals surface area contributed by atoms with Crippen molar-refractivity contribution in [3.05, 3.63) is 514 Å². The van der Waals surface area contributed by atoms with Crippen LogP contribution in [0.25, 0.3) is 98.8 Å². The van der Waals surface area contributed by atoms with E-state index in [0.717, 1.165) is 44.3 Å². The molecule has 2 aromatic heterocycles. The van der Waals surface area contributed by atoms with Crippen molar-refractivity contribution < 1.29 is 0 Å². The SMILES string of the molecule is Brc1ccc2ccccc2c1.C.CI.c1ccc(-n2c3ccccc3c3c(N(c4ccc(-c5ccc([Si](c6ccccc6)(c6ccccc6)c6ccccc6)cc5)cc4)c4ccc5ccccc5c4)cccc32)cc1.c1ccc(-n2c3ccccc3c3c(Nc4ccc(-c5ccc([Si](c6ccccc6)(c6ccccc6)c6ccccc6)cc5)cc4)cccc32)cc1. The molecule has 0 saturated heterocycles. The van der Waals surface area contributed by atoms with Gasteiger partial charge < -0.3 is 19.4 Å². The van der Waals surface area contributed by atoms with E-state index < -0.39 is 16.1 Å². The quantitative estimate of drug-likeness (QED) is 0.0425. The standard InChI is InChI=1S/C58H42N2Si.C48H36N2Si.C10H7Br.CH3I.CH4/c1-5-20-47(21-6-1)60-55-29-16-15-28-54(55)58-56(30-17-31-57(58)60)59(49-39-34-43-18-13-14-19-46(43)42-49)48-37-32-44(33-38-48)45-35-40-53(41-36-45)61(50-22-7-2-8-23-50,51-24-9-3-10-25-51)52-26-11-4-12-27-52;1-5-16-39(17-6-1)50-46-26-14-13-24-44(46)48-45(25-15-27-47(48)50)49-38-32-28-36(29-33-38)37-30-34-43(35-31-37)51(40-18-7-2-8-19-40,41-20-9-3-10-21-41)42-22-11-4-12-23-42;11-10-6-5-8-3-1-2-4-9(8)7-10;1-2;/h1-42H;1-35,49H;1-7H;1H3;1H4. The van der Waals surface area contributed by atoms with E-state index in [2.05, 4.69) is 567 Å². The van der Waals surface area contributed by atoms with Gasteiger partial charge in [-0.1, -0.05) is 446 Å². The average molecular weight is 1830 g/mol. The summed E-state index contributed by atoms with van der Waals surface area (Å²) >= 11 is 5.58. The molecule has 4 nitrogen and oxygen atoms in total. The molecule has 8 heteroatoms. The number of fused-ring (bicyclic) bond motifs is 8. The first-order valence-electron chi connectivity index (χ1n) is 42.4. The third-order valence-corrected chi connectivity index (χ3v) is 34.3. The number of para-hydroxylation sites is 4. The van der Waals surface area contributed by atoms with Crippen LogP contribution in [0.1, 0.15) is 7.43 Å². The maximum Gasteiger partial charge on any atom is 0.179 e. The fourth-order valence-corrected chi connectivity index (χ4v) is 28.4. The van der Waals surface area contributed by atoms with E-state index in [-0.39, 0.29) is 7.43 Å². The van der Waals surface area contributed by atoms with E-state index in [0.29, 0.717) is 0 Å². The molecule has 0 aliphatic rings. The summed E-state index contributed by atoms with van der Waals surface area (Å²) in [5.41, 5.74) is 17.3. The van der Waals surface area contributed by atoms with Crippen LogP contribution in [0.5, 0.6) is 0 Å². The Bertz CT molecular complexity index is 7220. The molecule has 0 atom stereocenters. The van der Waals surface area contributed by atoms with Crippen molar-refractivity contribution >= 4 is 190 Å². The molecule has 0 spiro atoms. The fraction of sp³-hybridized carbons (Fsp3) is 0.0169. The third kappa shape index (κ3) is 16.1. The summed E-state index contributed by atoms with van der Waals surface area (Å²) in [5, 5.41) is 24.7. The molecule has 0 bridgehead atoms. The zero-order chi connectivity index (χ0) is 84.3. The van der Waals surface area contributed by atoms with Crippen LogP contribution in [-0.2, 0) is 0 Å². The molecule has 22 rings (SSSR count). The highest BCUT2D eigenvalue weighted by molar-refractivity contribution is 14.1. The second-order valence-electron chi connectivity index (χ2n) is 31.2. The van der Waals surface area contributed by atoms with E-state index >= 15 is 0 Å². The second kappa shape index (κ2) is 37.9. The molecule has 0 radical (unpaired) electrons. The Hall–Kier alpha value is -14.2. The van der Waals surface area contributed by atoms with Gasteiger partial charge in [-0.15, -0.1) is 0 Å². The summed E-state index contributed by atoms with van der Waals surface area (Å²) < 4.78 is 5.88. The Kier molecular flexibility index (Phi) is 24.8. The molecule has 0 fully saturated rings. The molecule has 0 amide bonds. The number of alkyl halides is 1. The van der Waals surface area contributed by atoms with Crippen LogP contribution in [0.4, 0.5) is 28.4 Å². The van der Waals surface area contributed by atoms with Crippen LogP contribution in [0.2, 0.25) is 0 Å². The molecule has 0 aliphatic heterocycles. The highest BCUT2D eigenvalue weighted by Crippen LogP contribution is 2.46. The monoisotopic (exact) mass is 1830 g/mol. The molecular weight excluding hydrogens is 1740 g/mol. The van der Waals surface area contributed by atoms with Crippen LogP contribution in [0.15, 0.2) is 514 Å². The number of aromatic nitrogens is 2. The van der Waals surface area contributed by atoms with Gasteiger partial charge in [0, 0.05) is 60.1 Å². The van der Waals surface area contributed by atoms with Crippen molar-refractivity contribution in [1.29, 1.82) is 0 Å². The van der Waals surface area contributed by atoms with Gasteiger partial charge >= 0.3 is 0 Å². The maximum atomic E-state index is 3.76. The summed E-state index contributed by atoms with van der Waals surface area (Å²) in [6.45, 7) is 0. The van der Waals surface area contributed by atoms with Crippen molar-refractivity contribution in [2.24, 2.45) is 0 Å². The smallest absolute Gasteiger partial charge is 0.179 e. The molecule has 2 heterocycles. The van der Waals surface area contributed by atoms with Crippen LogP contribution in [-0.4, -0.2) is 30.2 Å². The normalized spacial score (nSPS) is 11.2. The molecule has 126 heavy (non-hydrogen) atoms. The van der Waals surface area contributed by atoms with Crippen LogP contribution in [0.3, 0.4) is 0 Å². The van der Waals surface area contributed by atoms with E-state index in [1.54, 1.807) is 0 Å². The molecule has 20 aromatic carbocycles. The largest absolute Gasteiger partial charge is 0.355 e. The zero-order valence-electron chi connectivity index (χ0n) is 69.1. The number of benzene rings is 20. The fourth-order valence-electron chi connectivity index (χ4n) is 18.6. The van der Waals surface area contributed by atoms with Gasteiger partial charge in [-0.3, -0.25) is 0 Å². The lowest BCUT2D eigenvalue weighted by atomic mass is 10.0. The Labute approximate surface area is 762 Å². The summed E-state index contributed by atoms with van der Waals surface area (Å²) in [4.78, 5) is 4.40. The summed E-state index contributed by atoms with van der Waals surface area (Å²) in [7, 11) is -5.16. The van der Waals surface area contributed by atoms with Gasteiger partial charge in [0.05, 0.1) is 27.8 Å². The molecular formula is C118H92BrIN4Si2. The number of nitrogens with zero attached hydrogens (tertiary/aromatic N) is 3. The van der Waals surface area contributed by atoms with Gasteiger partial charge in [0.25, 0.3) is 0 Å². The van der Waals surface area contributed by atoms with Gasteiger partial charge in [0.2, 0.25) is 0 Å².